The summed E-state index contributed by atoms with van der Waals surface area (Å²) in [6, 6.07) is 4.47. The molecule has 0 aromatic carbocycles. The van der Waals surface area contributed by atoms with Crippen molar-refractivity contribution in [2.45, 2.75) is 47.1 Å². The number of hydrogen-bond donors (Lipinski definition) is 1. The van der Waals surface area contributed by atoms with Gasteiger partial charge in [0.25, 0.3) is 0 Å². The van der Waals surface area contributed by atoms with Gasteiger partial charge < -0.3 is 5.32 Å². The van der Waals surface area contributed by atoms with E-state index in [1.165, 1.54) is 26.7 Å². The van der Waals surface area contributed by atoms with Crippen molar-refractivity contribution in [1.29, 1.82) is 0 Å². The van der Waals surface area contributed by atoms with Gasteiger partial charge in [0.15, 0.2) is 0 Å². The lowest BCUT2D eigenvalue weighted by Crippen LogP contribution is -2.16. The Labute approximate surface area is 126 Å². The van der Waals surface area contributed by atoms with E-state index in [4.69, 9.17) is 5.10 Å². The number of nitrogens with zero attached hydrogens (tertiary/aromatic N) is 2. The Morgan fingerprint density at radius 2 is 1.95 bits per heavy atom. The molecule has 0 atom stereocenters. The van der Waals surface area contributed by atoms with Crippen molar-refractivity contribution in [1.82, 2.24) is 15.1 Å². The van der Waals surface area contributed by atoms with Crippen LogP contribution in [0, 0.1) is 13.8 Å². The third-order valence-electron chi connectivity index (χ3n) is 3.70. The number of likely N-dealkylation sites (N-methyl/N-ethyl adjacent to an activating group) is 1. The fourth-order valence-corrected chi connectivity index (χ4v) is 3.42. The molecule has 0 unspecified atom stereocenters. The molecule has 4 heteroatoms. The first kappa shape index (κ1) is 15.3. The van der Waals surface area contributed by atoms with Gasteiger partial charge >= 0.3 is 0 Å². The molecule has 2 heterocycles. The largest absolute Gasteiger partial charge is 0.317 e. The zero-order valence-electron chi connectivity index (χ0n) is 13.0. The Morgan fingerprint density at radius 1 is 1.20 bits per heavy atom. The van der Waals surface area contributed by atoms with Crippen LogP contribution in [0.5, 0.6) is 0 Å². The number of hydrogen-bond acceptors (Lipinski definition) is 3. The molecule has 0 amide bonds. The minimum Gasteiger partial charge on any atom is -0.317 e. The lowest BCUT2D eigenvalue weighted by Gasteiger charge is -2.05. The average Bonchev–Trinajstić information content (AvgIpc) is 2.99. The number of rotatable bonds is 7. The maximum absolute atomic E-state index is 4.71. The van der Waals surface area contributed by atoms with E-state index in [1.54, 1.807) is 0 Å². The van der Waals surface area contributed by atoms with Crippen LogP contribution in [0.4, 0.5) is 0 Å². The van der Waals surface area contributed by atoms with Crippen LogP contribution in [-0.2, 0) is 19.4 Å². The molecule has 110 valence electrons. The van der Waals surface area contributed by atoms with E-state index in [0.717, 1.165) is 32.5 Å². The lowest BCUT2D eigenvalue weighted by atomic mass is 10.1. The van der Waals surface area contributed by atoms with Crippen LogP contribution in [-0.4, -0.2) is 22.9 Å². The molecule has 0 bridgehead atoms. The first-order valence-corrected chi connectivity index (χ1v) is 8.28. The quantitative estimate of drug-likeness (QED) is 0.793. The SMILES string of the molecule is CCNCCc1c(C)nn(Cc2ccc(CC)s2)c1C. The summed E-state index contributed by atoms with van der Waals surface area (Å²) in [6.07, 6.45) is 2.19. The molecule has 0 fully saturated rings. The fraction of sp³-hybridized carbons (Fsp3) is 0.562. The van der Waals surface area contributed by atoms with Crippen molar-refractivity contribution in [2.75, 3.05) is 13.1 Å². The molecule has 1 N–H and O–H groups in total. The summed E-state index contributed by atoms with van der Waals surface area (Å²) in [6.45, 7) is 11.6. The van der Waals surface area contributed by atoms with E-state index in [2.05, 4.69) is 49.8 Å². The van der Waals surface area contributed by atoms with Gasteiger partial charge in [-0.05, 0) is 57.5 Å². The zero-order chi connectivity index (χ0) is 14.5. The smallest absolute Gasteiger partial charge is 0.0755 e. The van der Waals surface area contributed by atoms with E-state index in [0.29, 0.717) is 0 Å². The molecule has 0 saturated carbocycles. The minimum atomic E-state index is 0.901. The molecule has 0 aliphatic rings. The zero-order valence-corrected chi connectivity index (χ0v) is 13.8. The van der Waals surface area contributed by atoms with E-state index >= 15 is 0 Å². The van der Waals surface area contributed by atoms with Crippen LogP contribution >= 0.6 is 11.3 Å². The van der Waals surface area contributed by atoms with Crippen LogP contribution in [0.1, 0.15) is 40.6 Å². The summed E-state index contributed by atoms with van der Waals surface area (Å²) in [7, 11) is 0. The second kappa shape index (κ2) is 7.04. The van der Waals surface area contributed by atoms with Crippen molar-refractivity contribution in [3.05, 3.63) is 38.8 Å². The Bertz CT molecular complexity index is 554. The summed E-state index contributed by atoms with van der Waals surface area (Å²) >= 11 is 1.90. The minimum absolute atomic E-state index is 0.901. The molecule has 3 nitrogen and oxygen atoms in total. The molecule has 0 radical (unpaired) electrons. The topological polar surface area (TPSA) is 29.9 Å². The lowest BCUT2D eigenvalue weighted by molar-refractivity contribution is 0.663. The molecule has 2 rings (SSSR count). The van der Waals surface area contributed by atoms with Gasteiger partial charge in [-0.3, -0.25) is 4.68 Å². The summed E-state index contributed by atoms with van der Waals surface area (Å²) < 4.78 is 2.15. The van der Waals surface area contributed by atoms with Gasteiger partial charge in [-0.2, -0.15) is 5.10 Å². The average molecular weight is 291 g/mol. The van der Waals surface area contributed by atoms with Gasteiger partial charge in [-0.25, -0.2) is 0 Å². The summed E-state index contributed by atoms with van der Waals surface area (Å²) in [5, 5.41) is 8.10. The van der Waals surface area contributed by atoms with Gasteiger partial charge in [0.2, 0.25) is 0 Å². The van der Waals surface area contributed by atoms with Gasteiger partial charge in [-0.1, -0.05) is 13.8 Å². The van der Waals surface area contributed by atoms with E-state index < -0.39 is 0 Å². The molecule has 2 aromatic rings. The predicted octanol–water partition coefficient (Wildman–Crippen LogP) is 3.32. The second-order valence-electron chi connectivity index (χ2n) is 5.13. The van der Waals surface area contributed by atoms with Crippen molar-refractivity contribution < 1.29 is 0 Å². The number of nitrogens with one attached hydrogen (secondary N) is 1. The van der Waals surface area contributed by atoms with Crippen LogP contribution in [0.15, 0.2) is 12.1 Å². The van der Waals surface area contributed by atoms with Gasteiger partial charge in [-0.15, -0.1) is 11.3 Å². The van der Waals surface area contributed by atoms with Crippen LogP contribution in [0.3, 0.4) is 0 Å². The second-order valence-corrected chi connectivity index (χ2v) is 6.39. The van der Waals surface area contributed by atoms with Crippen molar-refractivity contribution in [3.63, 3.8) is 0 Å². The number of aryl methyl sites for hydroxylation is 2. The van der Waals surface area contributed by atoms with E-state index in [1.807, 2.05) is 11.3 Å². The summed E-state index contributed by atoms with van der Waals surface area (Å²) in [4.78, 5) is 2.85. The van der Waals surface area contributed by atoms with E-state index in [-0.39, 0.29) is 0 Å². The van der Waals surface area contributed by atoms with Crippen molar-refractivity contribution in [3.8, 4) is 0 Å². The maximum Gasteiger partial charge on any atom is 0.0755 e. The van der Waals surface area contributed by atoms with Gasteiger partial charge in [0.05, 0.1) is 12.2 Å². The molecule has 20 heavy (non-hydrogen) atoms. The Balaban J connectivity index is 2.10. The van der Waals surface area contributed by atoms with Gasteiger partial charge in [0, 0.05) is 15.4 Å². The predicted molar refractivity (Wildman–Crippen MR) is 86.7 cm³/mol. The molecular weight excluding hydrogens is 266 g/mol. The molecule has 0 aliphatic carbocycles. The van der Waals surface area contributed by atoms with Crippen molar-refractivity contribution >= 4 is 11.3 Å². The molecule has 2 aromatic heterocycles. The Hall–Kier alpha value is -1.13. The molecular formula is C16H25N3S. The van der Waals surface area contributed by atoms with Crippen molar-refractivity contribution in [2.24, 2.45) is 0 Å². The number of thiophene rings is 1. The molecule has 0 spiro atoms. The maximum atomic E-state index is 4.71. The molecule has 0 aliphatic heterocycles. The Morgan fingerprint density at radius 3 is 2.60 bits per heavy atom. The first-order valence-electron chi connectivity index (χ1n) is 7.46. The van der Waals surface area contributed by atoms with Crippen LogP contribution < -0.4 is 5.32 Å². The van der Waals surface area contributed by atoms with Crippen LogP contribution in [0.2, 0.25) is 0 Å². The highest BCUT2D eigenvalue weighted by Crippen LogP contribution is 2.20. The fourth-order valence-electron chi connectivity index (χ4n) is 2.48. The van der Waals surface area contributed by atoms with Crippen LogP contribution in [0.25, 0.3) is 0 Å². The summed E-state index contributed by atoms with van der Waals surface area (Å²) in [5.74, 6) is 0. The van der Waals surface area contributed by atoms with Gasteiger partial charge in [0.1, 0.15) is 0 Å². The summed E-state index contributed by atoms with van der Waals surface area (Å²) in [5.41, 5.74) is 3.89. The number of aromatic nitrogens is 2. The standard InChI is InChI=1S/C16H25N3S/c1-5-14-7-8-15(20-14)11-19-13(4)16(12(3)18-19)9-10-17-6-2/h7-8,17H,5-6,9-11H2,1-4H3. The Kier molecular flexibility index (Phi) is 5.38. The normalized spacial score (nSPS) is 11.2. The highest BCUT2D eigenvalue weighted by molar-refractivity contribution is 7.11. The third-order valence-corrected chi connectivity index (χ3v) is 4.92. The monoisotopic (exact) mass is 291 g/mol. The first-order chi connectivity index (χ1) is 9.65. The van der Waals surface area contributed by atoms with E-state index in [9.17, 15) is 0 Å². The third kappa shape index (κ3) is 3.49. The molecule has 0 saturated heterocycles. The highest BCUT2D eigenvalue weighted by atomic mass is 32.1. The highest BCUT2D eigenvalue weighted by Gasteiger charge is 2.12.